The van der Waals surface area contributed by atoms with Crippen LogP contribution in [0, 0.1) is 0 Å². The Morgan fingerprint density at radius 1 is 1.00 bits per heavy atom. The quantitative estimate of drug-likeness (QED) is 0.775. The summed E-state index contributed by atoms with van der Waals surface area (Å²) in [6.45, 7) is 0.655. The number of carbonyl (C=O) groups is 3. The second kappa shape index (κ2) is 7.48. The number of nitrogens with one attached hydrogen (secondary N) is 2. The molecule has 0 radical (unpaired) electrons. The summed E-state index contributed by atoms with van der Waals surface area (Å²) in [5.41, 5.74) is 6.25. The lowest BCUT2D eigenvalue weighted by Crippen LogP contribution is -2.41. The van der Waals surface area contributed by atoms with Crippen LogP contribution in [0.1, 0.15) is 33.6 Å². The molecule has 25 heavy (non-hydrogen) atoms. The van der Waals surface area contributed by atoms with Gasteiger partial charge in [-0.15, -0.1) is 0 Å². The van der Waals surface area contributed by atoms with E-state index in [0.717, 1.165) is 6.42 Å². The summed E-state index contributed by atoms with van der Waals surface area (Å²) in [5, 5.41) is 0. The molecule has 0 spiro atoms. The summed E-state index contributed by atoms with van der Waals surface area (Å²) in [7, 11) is 0. The second-order valence-electron chi connectivity index (χ2n) is 5.59. The second-order valence-corrected chi connectivity index (χ2v) is 6.44. The van der Waals surface area contributed by atoms with E-state index in [9.17, 15) is 14.4 Å². The van der Waals surface area contributed by atoms with E-state index in [1.54, 1.807) is 53.4 Å². The maximum absolute atomic E-state index is 12.3. The summed E-state index contributed by atoms with van der Waals surface area (Å²) >= 11 is 3.29. The normalized spacial score (nSPS) is 13.6. The van der Waals surface area contributed by atoms with E-state index < -0.39 is 11.8 Å². The van der Waals surface area contributed by atoms with Crippen molar-refractivity contribution in [2.75, 3.05) is 11.4 Å². The van der Waals surface area contributed by atoms with Crippen LogP contribution in [0.5, 0.6) is 0 Å². The van der Waals surface area contributed by atoms with Crippen molar-refractivity contribution in [1.29, 1.82) is 0 Å². The molecule has 1 heterocycles. The summed E-state index contributed by atoms with van der Waals surface area (Å²) < 4.78 is 0.635. The number of anilines is 1. The van der Waals surface area contributed by atoms with Gasteiger partial charge in [0.1, 0.15) is 0 Å². The third-order valence-electron chi connectivity index (χ3n) is 3.90. The lowest BCUT2D eigenvalue weighted by molar-refractivity contribution is -0.117. The van der Waals surface area contributed by atoms with Gasteiger partial charge in [-0.05, 0) is 52.7 Å². The molecule has 3 rings (SSSR count). The van der Waals surface area contributed by atoms with Gasteiger partial charge < -0.3 is 4.90 Å². The predicted octanol–water partition coefficient (Wildman–Crippen LogP) is 2.65. The van der Waals surface area contributed by atoms with Gasteiger partial charge in [0.15, 0.2) is 0 Å². The third kappa shape index (κ3) is 3.88. The fourth-order valence-corrected chi connectivity index (χ4v) is 3.10. The Kier molecular flexibility index (Phi) is 5.14. The lowest BCUT2D eigenvalue weighted by atomic mass is 10.2. The van der Waals surface area contributed by atoms with E-state index in [1.165, 1.54) is 0 Å². The monoisotopic (exact) mass is 401 g/mol. The average molecular weight is 402 g/mol. The SMILES string of the molecule is O=C(NNC(=O)c1ccccc1Br)c1cccc(N2CCCC2=O)c1. The maximum atomic E-state index is 12.3. The fraction of sp³-hybridized carbons (Fsp3) is 0.167. The maximum Gasteiger partial charge on any atom is 0.270 e. The molecule has 0 aromatic heterocycles. The van der Waals surface area contributed by atoms with Crippen molar-refractivity contribution in [3.05, 3.63) is 64.1 Å². The highest BCUT2D eigenvalue weighted by molar-refractivity contribution is 9.10. The standard InChI is InChI=1S/C18H16BrN3O3/c19-15-8-2-1-7-14(15)18(25)21-20-17(24)12-5-3-6-13(11-12)22-10-4-9-16(22)23/h1-3,5-8,11H,4,9-10H2,(H,20,24)(H,21,25). The molecule has 0 atom stereocenters. The molecule has 3 amide bonds. The van der Waals surface area contributed by atoms with Gasteiger partial charge in [0, 0.05) is 28.7 Å². The molecule has 2 aromatic rings. The van der Waals surface area contributed by atoms with E-state index >= 15 is 0 Å². The molecule has 0 bridgehead atoms. The summed E-state index contributed by atoms with van der Waals surface area (Å²) in [4.78, 5) is 37.9. The van der Waals surface area contributed by atoms with Gasteiger partial charge in [-0.25, -0.2) is 0 Å². The van der Waals surface area contributed by atoms with Crippen LogP contribution in [-0.2, 0) is 4.79 Å². The molecular weight excluding hydrogens is 386 g/mol. The molecule has 7 heteroatoms. The molecule has 1 fully saturated rings. The minimum absolute atomic E-state index is 0.0554. The van der Waals surface area contributed by atoms with Crippen molar-refractivity contribution in [3.63, 3.8) is 0 Å². The van der Waals surface area contributed by atoms with Gasteiger partial charge >= 0.3 is 0 Å². The Morgan fingerprint density at radius 2 is 1.76 bits per heavy atom. The molecule has 1 aliphatic heterocycles. The number of hydrazine groups is 1. The van der Waals surface area contributed by atoms with Gasteiger partial charge in [-0.3, -0.25) is 25.2 Å². The minimum atomic E-state index is -0.450. The van der Waals surface area contributed by atoms with Crippen LogP contribution in [0.3, 0.4) is 0 Å². The first kappa shape index (κ1) is 17.2. The number of hydrogen-bond acceptors (Lipinski definition) is 3. The van der Waals surface area contributed by atoms with E-state index in [0.29, 0.717) is 34.3 Å². The van der Waals surface area contributed by atoms with Crippen LogP contribution < -0.4 is 15.8 Å². The van der Waals surface area contributed by atoms with Gasteiger partial charge in [0.25, 0.3) is 11.8 Å². The number of rotatable bonds is 3. The van der Waals surface area contributed by atoms with Crippen LogP contribution in [0.25, 0.3) is 0 Å². The number of halogens is 1. The smallest absolute Gasteiger partial charge is 0.270 e. The molecule has 2 N–H and O–H groups in total. The number of benzene rings is 2. The fourth-order valence-electron chi connectivity index (χ4n) is 2.63. The Hall–Kier alpha value is -2.67. The van der Waals surface area contributed by atoms with Crippen molar-refractivity contribution in [1.82, 2.24) is 10.9 Å². The molecule has 2 aromatic carbocycles. The van der Waals surface area contributed by atoms with Crippen molar-refractivity contribution >= 4 is 39.3 Å². The Bertz CT molecular complexity index is 838. The molecule has 6 nitrogen and oxygen atoms in total. The van der Waals surface area contributed by atoms with Gasteiger partial charge in [0.2, 0.25) is 5.91 Å². The first-order chi connectivity index (χ1) is 12.1. The molecule has 0 aliphatic carbocycles. The highest BCUT2D eigenvalue weighted by atomic mass is 79.9. The summed E-state index contributed by atoms with van der Waals surface area (Å²) in [5.74, 6) is -0.819. The van der Waals surface area contributed by atoms with Gasteiger partial charge in [-0.2, -0.15) is 0 Å². The first-order valence-electron chi connectivity index (χ1n) is 7.82. The highest BCUT2D eigenvalue weighted by Gasteiger charge is 2.22. The average Bonchev–Trinajstić information content (AvgIpc) is 3.06. The number of carbonyl (C=O) groups excluding carboxylic acids is 3. The molecular formula is C18H16BrN3O3. The van der Waals surface area contributed by atoms with Crippen molar-refractivity contribution < 1.29 is 14.4 Å². The molecule has 0 saturated carbocycles. The topological polar surface area (TPSA) is 78.5 Å². The Balaban J connectivity index is 1.66. The van der Waals surface area contributed by atoms with Crippen LogP contribution in [0.15, 0.2) is 53.0 Å². The van der Waals surface area contributed by atoms with Gasteiger partial charge in [-0.1, -0.05) is 18.2 Å². The van der Waals surface area contributed by atoms with Crippen LogP contribution in [0.4, 0.5) is 5.69 Å². The molecule has 128 valence electrons. The molecule has 1 aliphatic rings. The Morgan fingerprint density at radius 3 is 2.48 bits per heavy atom. The van der Waals surface area contributed by atoms with Crippen molar-refractivity contribution in [2.45, 2.75) is 12.8 Å². The summed E-state index contributed by atoms with van der Waals surface area (Å²) in [6.07, 6.45) is 1.34. The zero-order chi connectivity index (χ0) is 17.8. The van der Waals surface area contributed by atoms with E-state index in [1.807, 2.05) is 0 Å². The van der Waals surface area contributed by atoms with Crippen molar-refractivity contribution in [3.8, 4) is 0 Å². The largest absolute Gasteiger partial charge is 0.312 e. The lowest BCUT2D eigenvalue weighted by Gasteiger charge is -2.16. The number of amides is 3. The highest BCUT2D eigenvalue weighted by Crippen LogP contribution is 2.22. The molecule has 1 saturated heterocycles. The zero-order valence-electron chi connectivity index (χ0n) is 13.3. The van der Waals surface area contributed by atoms with E-state index in [-0.39, 0.29) is 5.91 Å². The zero-order valence-corrected chi connectivity index (χ0v) is 14.9. The predicted molar refractivity (Wildman–Crippen MR) is 97.1 cm³/mol. The van der Waals surface area contributed by atoms with E-state index in [2.05, 4.69) is 26.8 Å². The van der Waals surface area contributed by atoms with Gasteiger partial charge in [0.05, 0.1) is 5.56 Å². The van der Waals surface area contributed by atoms with E-state index in [4.69, 9.17) is 0 Å². The molecule has 0 unspecified atom stereocenters. The minimum Gasteiger partial charge on any atom is -0.312 e. The van der Waals surface area contributed by atoms with Crippen LogP contribution >= 0.6 is 15.9 Å². The van der Waals surface area contributed by atoms with Crippen LogP contribution in [-0.4, -0.2) is 24.3 Å². The Labute approximate surface area is 153 Å². The van der Waals surface area contributed by atoms with Crippen molar-refractivity contribution in [2.24, 2.45) is 0 Å². The first-order valence-corrected chi connectivity index (χ1v) is 8.61. The third-order valence-corrected chi connectivity index (χ3v) is 4.59. The summed E-state index contributed by atoms with van der Waals surface area (Å²) in [6, 6.07) is 13.7. The number of nitrogens with zero attached hydrogens (tertiary/aromatic N) is 1. The van der Waals surface area contributed by atoms with Crippen LogP contribution in [0.2, 0.25) is 0 Å². The number of hydrogen-bond donors (Lipinski definition) is 2.